The first-order valence-corrected chi connectivity index (χ1v) is 10.2. The molecule has 0 fully saturated rings. The summed E-state index contributed by atoms with van der Waals surface area (Å²) in [6.07, 6.45) is -1.06. The molecule has 2 aromatic rings. The molecule has 0 heterocycles. The Balaban J connectivity index is 2.18. The number of benzene rings is 2. The number of fused-ring (bicyclic) bond motifs is 1. The SMILES string of the molecule is CS(=O)(=O)c1ccc(Oc2cc(F)cc(C#N)c2)c2c1[C@H](CC(=O)O)C(F)(F)C2. The van der Waals surface area contributed by atoms with Gasteiger partial charge in [0, 0.05) is 24.3 Å². The summed E-state index contributed by atoms with van der Waals surface area (Å²) in [5.41, 5.74) is -0.528. The molecule has 1 N–H and O–H groups in total. The van der Waals surface area contributed by atoms with Crippen LogP contribution in [0.3, 0.4) is 0 Å². The Morgan fingerprint density at radius 1 is 1.34 bits per heavy atom. The minimum absolute atomic E-state index is 0.0570. The zero-order valence-electron chi connectivity index (χ0n) is 14.9. The van der Waals surface area contributed by atoms with Crippen LogP contribution in [-0.4, -0.2) is 31.7 Å². The van der Waals surface area contributed by atoms with Gasteiger partial charge in [-0.2, -0.15) is 5.26 Å². The molecule has 0 aromatic heterocycles. The van der Waals surface area contributed by atoms with Gasteiger partial charge in [0.1, 0.15) is 17.3 Å². The number of ether oxygens (including phenoxy) is 1. The first kappa shape index (κ1) is 20.7. The second-order valence-electron chi connectivity index (χ2n) is 6.70. The molecule has 0 unspecified atom stereocenters. The van der Waals surface area contributed by atoms with E-state index in [1.54, 1.807) is 6.07 Å². The lowest BCUT2D eigenvalue weighted by Gasteiger charge is -2.19. The Labute approximate surface area is 164 Å². The van der Waals surface area contributed by atoms with E-state index in [2.05, 4.69) is 0 Å². The molecular weight excluding hydrogens is 411 g/mol. The van der Waals surface area contributed by atoms with Gasteiger partial charge in [0.2, 0.25) is 0 Å². The fraction of sp³-hybridized carbons (Fsp3) is 0.263. The van der Waals surface area contributed by atoms with E-state index < -0.39 is 51.2 Å². The van der Waals surface area contributed by atoms with E-state index in [0.29, 0.717) is 0 Å². The summed E-state index contributed by atoms with van der Waals surface area (Å²) >= 11 is 0. The summed E-state index contributed by atoms with van der Waals surface area (Å²) in [6.45, 7) is 0. The van der Waals surface area contributed by atoms with Crippen molar-refractivity contribution >= 4 is 15.8 Å². The number of carboxylic acid groups (broad SMARTS) is 1. The van der Waals surface area contributed by atoms with Crippen LogP contribution in [0.2, 0.25) is 0 Å². The van der Waals surface area contributed by atoms with E-state index in [1.807, 2.05) is 0 Å². The minimum Gasteiger partial charge on any atom is -0.481 e. The maximum atomic E-state index is 14.6. The van der Waals surface area contributed by atoms with Crippen LogP contribution in [0.15, 0.2) is 35.2 Å². The third-order valence-corrected chi connectivity index (χ3v) is 5.71. The molecule has 0 saturated heterocycles. The fourth-order valence-corrected chi connectivity index (χ4v) is 4.40. The molecule has 0 radical (unpaired) electrons. The van der Waals surface area contributed by atoms with Crippen LogP contribution in [0, 0.1) is 17.1 Å². The van der Waals surface area contributed by atoms with Crippen LogP contribution in [0.1, 0.15) is 29.0 Å². The summed E-state index contributed by atoms with van der Waals surface area (Å²) in [4.78, 5) is 10.7. The van der Waals surface area contributed by atoms with Gasteiger partial charge in [-0.15, -0.1) is 0 Å². The molecule has 0 saturated carbocycles. The molecule has 10 heteroatoms. The molecule has 152 valence electrons. The summed E-state index contributed by atoms with van der Waals surface area (Å²) in [7, 11) is -3.94. The molecule has 0 bridgehead atoms. The lowest BCUT2D eigenvalue weighted by Crippen LogP contribution is -2.25. The molecule has 6 nitrogen and oxygen atoms in total. The van der Waals surface area contributed by atoms with Gasteiger partial charge in [-0.3, -0.25) is 4.79 Å². The number of alkyl halides is 2. The molecule has 0 spiro atoms. The van der Waals surface area contributed by atoms with Gasteiger partial charge < -0.3 is 9.84 Å². The quantitative estimate of drug-likeness (QED) is 0.784. The summed E-state index contributed by atoms with van der Waals surface area (Å²) in [6, 6.07) is 7.05. The van der Waals surface area contributed by atoms with Crippen LogP contribution in [0.4, 0.5) is 13.2 Å². The number of carboxylic acids is 1. The molecule has 0 amide bonds. The first-order valence-electron chi connectivity index (χ1n) is 8.26. The standard InChI is InChI=1S/C19H14F3NO5S/c1-29(26,27)16-3-2-15(28-12-5-10(9-23)4-11(20)6-12)13-8-19(21,22)14(18(13)16)7-17(24)25/h2-6,14H,7-8H2,1H3,(H,24,25)/t14-/m0/s1. The van der Waals surface area contributed by atoms with Crippen molar-refractivity contribution in [3.8, 4) is 17.6 Å². The number of sulfone groups is 1. The van der Waals surface area contributed by atoms with E-state index in [1.165, 1.54) is 6.07 Å². The summed E-state index contributed by atoms with van der Waals surface area (Å²) in [5.74, 6) is -7.95. The highest BCUT2D eigenvalue weighted by Crippen LogP contribution is 2.52. The normalized spacial score (nSPS) is 17.4. The average Bonchev–Trinajstić information content (AvgIpc) is 2.84. The van der Waals surface area contributed by atoms with Crippen molar-refractivity contribution < 1.29 is 36.2 Å². The molecule has 29 heavy (non-hydrogen) atoms. The Morgan fingerprint density at radius 3 is 2.62 bits per heavy atom. The zero-order valence-corrected chi connectivity index (χ0v) is 15.8. The minimum atomic E-state index is -3.94. The topological polar surface area (TPSA) is 104 Å². The zero-order chi connectivity index (χ0) is 21.6. The largest absolute Gasteiger partial charge is 0.481 e. The molecule has 1 atom stereocenters. The van der Waals surface area contributed by atoms with Crippen LogP contribution >= 0.6 is 0 Å². The van der Waals surface area contributed by atoms with Crippen LogP contribution in [0.5, 0.6) is 11.5 Å². The van der Waals surface area contributed by atoms with Crippen molar-refractivity contribution in [1.82, 2.24) is 0 Å². The molecule has 3 rings (SSSR count). The third kappa shape index (κ3) is 4.05. The predicted molar refractivity (Wildman–Crippen MR) is 94.4 cm³/mol. The smallest absolute Gasteiger partial charge is 0.304 e. The number of halogens is 3. The fourth-order valence-electron chi connectivity index (χ4n) is 3.42. The predicted octanol–water partition coefficient (Wildman–Crippen LogP) is 3.64. The van der Waals surface area contributed by atoms with E-state index in [-0.39, 0.29) is 28.2 Å². The van der Waals surface area contributed by atoms with Crippen LogP contribution in [0.25, 0.3) is 0 Å². The van der Waals surface area contributed by atoms with Crippen molar-refractivity contribution in [3.63, 3.8) is 0 Å². The van der Waals surface area contributed by atoms with E-state index >= 15 is 0 Å². The van der Waals surface area contributed by atoms with Gasteiger partial charge >= 0.3 is 5.97 Å². The van der Waals surface area contributed by atoms with Crippen molar-refractivity contribution in [2.24, 2.45) is 0 Å². The van der Waals surface area contributed by atoms with E-state index in [9.17, 15) is 26.4 Å². The van der Waals surface area contributed by atoms with Gasteiger partial charge in [0.05, 0.1) is 28.9 Å². The second kappa shape index (κ2) is 7.08. The number of carbonyl (C=O) groups is 1. The van der Waals surface area contributed by atoms with Crippen LogP contribution in [-0.2, 0) is 21.1 Å². The summed E-state index contributed by atoms with van der Waals surface area (Å²) in [5, 5.41) is 18.0. The summed E-state index contributed by atoms with van der Waals surface area (Å²) < 4.78 is 72.6. The van der Waals surface area contributed by atoms with Gasteiger partial charge in [-0.25, -0.2) is 21.6 Å². The number of rotatable bonds is 5. The van der Waals surface area contributed by atoms with Crippen molar-refractivity contribution in [2.75, 3.05) is 6.26 Å². The lowest BCUT2D eigenvalue weighted by molar-refractivity contribution is -0.140. The van der Waals surface area contributed by atoms with Crippen molar-refractivity contribution in [2.45, 2.75) is 29.6 Å². The molecule has 1 aliphatic rings. The highest BCUT2D eigenvalue weighted by Gasteiger charge is 2.51. The monoisotopic (exact) mass is 425 g/mol. The number of nitrogens with zero attached hydrogens (tertiary/aromatic N) is 1. The number of nitriles is 1. The first-order chi connectivity index (χ1) is 13.4. The highest BCUT2D eigenvalue weighted by molar-refractivity contribution is 7.90. The van der Waals surface area contributed by atoms with Gasteiger partial charge in [-0.1, -0.05) is 0 Å². The van der Waals surface area contributed by atoms with Crippen LogP contribution < -0.4 is 4.74 Å². The Bertz CT molecular complexity index is 1160. The number of hydrogen-bond donors (Lipinski definition) is 1. The second-order valence-corrected chi connectivity index (χ2v) is 8.69. The van der Waals surface area contributed by atoms with E-state index in [0.717, 1.165) is 30.5 Å². The maximum absolute atomic E-state index is 14.6. The molecular formula is C19H14F3NO5S. The lowest BCUT2D eigenvalue weighted by atomic mass is 9.95. The van der Waals surface area contributed by atoms with Gasteiger partial charge in [0.25, 0.3) is 5.92 Å². The van der Waals surface area contributed by atoms with Crippen molar-refractivity contribution in [1.29, 1.82) is 5.26 Å². The molecule has 1 aliphatic carbocycles. The Morgan fingerprint density at radius 2 is 2.03 bits per heavy atom. The molecule has 2 aromatic carbocycles. The Hall–Kier alpha value is -3.06. The number of hydrogen-bond acceptors (Lipinski definition) is 5. The average molecular weight is 425 g/mol. The van der Waals surface area contributed by atoms with Crippen molar-refractivity contribution in [3.05, 3.63) is 52.8 Å². The maximum Gasteiger partial charge on any atom is 0.304 e. The molecule has 0 aliphatic heterocycles. The third-order valence-electron chi connectivity index (χ3n) is 4.55. The highest BCUT2D eigenvalue weighted by atomic mass is 32.2. The van der Waals surface area contributed by atoms with Gasteiger partial charge in [0.15, 0.2) is 9.84 Å². The van der Waals surface area contributed by atoms with Gasteiger partial charge in [-0.05, 0) is 29.8 Å². The number of aliphatic carboxylic acids is 1. The van der Waals surface area contributed by atoms with E-state index in [4.69, 9.17) is 15.1 Å². The Kier molecular flexibility index (Phi) is 5.04.